The van der Waals surface area contributed by atoms with Crippen LogP contribution in [0.3, 0.4) is 0 Å². The van der Waals surface area contributed by atoms with Crippen molar-refractivity contribution in [3.05, 3.63) is 11.6 Å². The molecule has 1 aliphatic rings. The van der Waals surface area contributed by atoms with E-state index in [0.29, 0.717) is 13.0 Å². The van der Waals surface area contributed by atoms with E-state index in [1.165, 1.54) is 19.3 Å². The van der Waals surface area contributed by atoms with Crippen LogP contribution in [0.25, 0.3) is 0 Å². The zero-order chi connectivity index (χ0) is 13.7. The minimum Gasteiger partial charge on any atom is -0.346 e. The highest BCUT2D eigenvalue weighted by atomic mass is 35.5. The maximum absolute atomic E-state index is 11.7. The van der Waals surface area contributed by atoms with Gasteiger partial charge in [-0.3, -0.25) is 4.79 Å². The maximum Gasteiger partial charge on any atom is 0.221 e. The third kappa shape index (κ3) is 5.45. The first kappa shape index (κ1) is 20.1. The van der Waals surface area contributed by atoms with Crippen molar-refractivity contribution in [1.82, 2.24) is 25.4 Å². The number of carbonyl (C=O) groups is 1. The largest absolute Gasteiger partial charge is 0.346 e. The van der Waals surface area contributed by atoms with Crippen LogP contribution in [0.5, 0.6) is 0 Å². The Labute approximate surface area is 138 Å². The van der Waals surface area contributed by atoms with Crippen LogP contribution in [0.1, 0.15) is 50.3 Å². The first-order valence-electron chi connectivity index (χ1n) is 7.08. The van der Waals surface area contributed by atoms with Gasteiger partial charge in [-0.2, -0.15) is 0 Å². The Bertz CT molecular complexity index is 438. The molecule has 0 saturated heterocycles. The Balaban J connectivity index is 0.00000200. The van der Waals surface area contributed by atoms with Gasteiger partial charge in [-0.1, -0.05) is 6.42 Å². The van der Waals surface area contributed by atoms with E-state index in [0.717, 1.165) is 24.6 Å². The Morgan fingerprint density at radius 3 is 2.76 bits per heavy atom. The molecular weight excluding hydrogens is 313 g/mol. The lowest BCUT2D eigenvalue weighted by molar-refractivity contribution is -0.121. The highest BCUT2D eigenvalue weighted by molar-refractivity contribution is 5.85. The minimum atomic E-state index is -0.0799. The van der Waals surface area contributed by atoms with E-state index in [1.54, 1.807) is 0 Å². The van der Waals surface area contributed by atoms with Gasteiger partial charge in [-0.15, -0.1) is 35.0 Å². The third-order valence-corrected chi connectivity index (χ3v) is 3.50. The van der Waals surface area contributed by atoms with Gasteiger partial charge in [0, 0.05) is 25.9 Å². The second-order valence-corrected chi connectivity index (χ2v) is 5.08. The van der Waals surface area contributed by atoms with E-state index in [1.807, 2.05) is 14.0 Å². The number of nitrogens with one attached hydrogen (secondary N) is 2. The Morgan fingerprint density at radius 2 is 2.05 bits per heavy atom. The smallest absolute Gasteiger partial charge is 0.221 e. The number of hydrogen-bond donors (Lipinski definition) is 2. The predicted octanol–water partition coefficient (Wildman–Crippen LogP) is 1.63. The van der Waals surface area contributed by atoms with E-state index in [2.05, 4.69) is 25.4 Å². The molecule has 0 spiro atoms. The summed E-state index contributed by atoms with van der Waals surface area (Å²) in [6.45, 7) is 3.63. The Morgan fingerprint density at radius 1 is 1.29 bits per heavy atom. The van der Waals surface area contributed by atoms with Gasteiger partial charge in [-0.25, -0.2) is 0 Å². The molecule has 1 amide bonds. The van der Waals surface area contributed by atoms with Crippen molar-refractivity contribution in [2.75, 3.05) is 13.6 Å². The molecular formula is C13H25Cl2N5O. The quantitative estimate of drug-likeness (QED) is 0.856. The molecule has 2 heterocycles. The molecule has 0 bridgehead atoms. The zero-order valence-electron chi connectivity index (χ0n) is 12.6. The molecule has 2 N–H and O–H groups in total. The van der Waals surface area contributed by atoms with Crippen molar-refractivity contribution in [2.24, 2.45) is 0 Å². The summed E-state index contributed by atoms with van der Waals surface area (Å²) >= 11 is 0. The second kappa shape index (κ2) is 9.97. The number of nitrogens with zero attached hydrogens (tertiary/aromatic N) is 3. The number of carbonyl (C=O) groups excluding carboxylic acids is 1. The molecule has 122 valence electrons. The molecule has 1 aromatic rings. The Kier molecular flexibility index (Phi) is 9.57. The lowest BCUT2D eigenvalue weighted by Crippen LogP contribution is -2.30. The first-order valence-corrected chi connectivity index (χ1v) is 7.08. The molecule has 1 aromatic heterocycles. The first-order chi connectivity index (χ1) is 9.22. The standard InChI is InChI=1S/C13H23N5O.2ClH/c1-10(15-12(19)7-8-14-2)13-17-16-11-6-4-3-5-9-18(11)13;;/h10,14H,3-9H2,1-2H3,(H,15,19);2*1H/t10-;;/m1../s1. The monoisotopic (exact) mass is 337 g/mol. The SMILES string of the molecule is CNCCC(=O)N[C@H](C)c1nnc2n1CCCCC2.Cl.Cl. The lowest BCUT2D eigenvalue weighted by atomic mass is 10.2. The topological polar surface area (TPSA) is 71.8 Å². The molecule has 0 aromatic carbocycles. The molecule has 2 rings (SSSR count). The third-order valence-electron chi connectivity index (χ3n) is 3.50. The number of rotatable bonds is 5. The summed E-state index contributed by atoms with van der Waals surface area (Å²) in [5, 5.41) is 14.5. The summed E-state index contributed by atoms with van der Waals surface area (Å²) in [7, 11) is 1.84. The molecule has 6 nitrogen and oxygen atoms in total. The van der Waals surface area contributed by atoms with Crippen molar-refractivity contribution < 1.29 is 4.79 Å². The van der Waals surface area contributed by atoms with Gasteiger partial charge in [0.05, 0.1) is 6.04 Å². The van der Waals surface area contributed by atoms with Crippen molar-refractivity contribution in [3.8, 4) is 0 Å². The van der Waals surface area contributed by atoms with E-state index in [-0.39, 0.29) is 36.8 Å². The Hall–Kier alpha value is -0.850. The van der Waals surface area contributed by atoms with Gasteiger partial charge in [0.15, 0.2) is 5.82 Å². The maximum atomic E-state index is 11.7. The molecule has 0 fully saturated rings. The van der Waals surface area contributed by atoms with E-state index < -0.39 is 0 Å². The van der Waals surface area contributed by atoms with Crippen LogP contribution in [0.15, 0.2) is 0 Å². The number of amides is 1. The zero-order valence-corrected chi connectivity index (χ0v) is 14.2. The van der Waals surface area contributed by atoms with Crippen molar-refractivity contribution in [2.45, 2.75) is 51.6 Å². The normalized spacial score (nSPS) is 15.0. The number of halogens is 2. The molecule has 21 heavy (non-hydrogen) atoms. The number of hydrogen-bond acceptors (Lipinski definition) is 4. The average molecular weight is 338 g/mol. The summed E-state index contributed by atoms with van der Waals surface area (Å²) in [6, 6.07) is -0.0799. The van der Waals surface area contributed by atoms with Crippen LogP contribution in [-0.4, -0.2) is 34.3 Å². The molecule has 0 saturated carbocycles. The number of aryl methyl sites for hydroxylation is 1. The summed E-state index contributed by atoms with van der Waals surface area (Å²) in [4.78, 5) is 11.7. The predicted molar refractivity (Wildman–Crippen MR) is 87.2 cm³/mol. The summed E-state index contributed by atoms with van der Waals surface area (Å²) in [5.74, 6) is 1.99. The molecule has 0 unspecified atom stereocenters. The van der Waals surface area contributed by atoms with Gasteiger partial charge in [0.2, 0.25) is 5.91 Å². The summed E-state index contributed by atoms with van der Waals surface area (Å²) in [5.41, 5.74) is 0. The number of aromatic nitrogens is 3. The van der Waals surface area contributed by atoms with Gasteiger partial charge in [0.1, 0.15) is 5.82 Å². The van der Waals surface area contributed by atoms with E-state index in [9.17, 15) is 4.79 Å². The van der Waals surface area contributed by atoms with Crippen LogP contribution in [0.2, 0.25) is 0 Å². The second-order valence-electron chi connectivity index (χ2n) is 5.08. The molecule has 8 heteroatoms. The van der Waals surface area contributed by atoms with Gasteiger partial charge < -0.3 is 15.2 Å². The van der Waals surface area contributed by atoms with Crippen molar-refractivity contribution >= 4 is 30.7 Å². The fourth-order valence-corrected chi connectivity index (χ4v) is 2.44. The average Bonchev–Trinajstić information content (AvgIpc) is 2.66. The van der Waals surface area contributed by atoms with Crippen LogP contribution >= 0.6 is 24.8 Å². The van der Waals surface area contributed by atoms with Gasteiger partial charge in [-0.05, 0) is 26.8 Å². The highest BCUT2D eigenvalue weighted by Gasteiger charge is 2.20. The van der Waals surface area contributed by atoms with Gasteiger partial charge in [0.25, 0.3) is 0 Å². The fourth-order valence-electron chi connectivity index (χ4n) is 2.44. The van der Waals surface area contributed by atoms with Gasteiger partial charge >= 0.3 is 0 Å². The van der Waals surface area contributed by atoms with Crippen LogP contribution < -0.4 is 10.6 Å². The summed E-state index contributed by atoms with van der Waals surface area (Å²) < 4.78 is 2.18. The molecule has 1 aliphatic heterocycles. The van der Waals surface area contributed by atoms with E-state index >= 15 is 0 Å². The van der Waals surface area contributed by atoms with Crippen LogP contribution in [0, 0.1) is 0 Å². The molecule has 0 radical (unpaired) electrons. The number of fused-ring (bicyclic) bond motifs is 1. The van der Waals surface area contributed by atoms with Crippen molar-refractivity contribution in [3.63, 3.8) is 0 Å². The molecule has 1 atom stereocenters. The highest BCUT2D eigenvalue weighted by Crippen LogP contribution is 2.18. The molecule has 0 aliphatic carbocycles. The van der Waals surface area contributed by atoms with Crippen LogP contribution in [0.4, 0.5) is 0 Å². The van der Waals surface area contributed by atoms with E-state index in [4.69, 9.17) is 0 Å². The summed E-state index contributed by atoms with van der Waals surface area (Å²) in [6.07, 6.45) is 5.07. The fraction of sp³-hybridized carbons (Fsp3) is 0.769. The van der Waals surface area contributed by atoms with Crippen LogP contribution in [-0.2, 0) is 17.8 Å². The minimum absolute atomic E-state index is 0. The lowest BCUT2D eigenvalue weighted by Gasteiger charge is -2.15. The van der Waals surface area contributed by atoms with Crippen molar-refractivity contribution in [1.29, 1.82) is 0 Å².